The highest BCUT2D eigenvalue weighted by Crippen LogP contribution is 2.62. The number of rotatable bonds is 3. The molecular formula is C15H17ClN2O4. The largest absolute Gasteiger partial charge is 0.465 e. The van der Waals surface area contributed by atoms with Gasteiger partial charge < -0.3 is 9.64 Å². The van der Waals surface area contributed by atoms with E-state index in [0.29, 0.717) is 22.9 Å². The summed E-state index contributed by atoms with van der Waals surface area (Å²) in [5, 5.41) is 11.5. The fraction of sp³-hybridized carbons (Fsp3) is 0.533. The second kappa shape index (κ2) is 4.84. The Balaban J connectivity index is 1.96. The highest BCUT2D eigenvalue weighted by atomic mass is 35.5. The third-order valence-electron chi connectivity index (χ3n) is 5.13. The van der Waals surface area contributed by atoms with Crippen molar-refractivity contribution in [2.75, 3.05) is 25.1 Å². The van der Waals surface area contributed by atoms with Crippen molar-refractivity contribution in [1.29, 1.82) is 0 Å². The molecule has 1 saturated heterocycles. The van der Waals surface area contributed by atoms with Crippen molar-refractivity contribution < 1.29 is 14.5 Å². The molecule has 2 aliphatic rings. The quantitative estimate of drug-likeness (QED) is 0.485. The van der Waals surface area contributed by atoms with Gasteiger partial charge >= 0.3 is 5.97 Å². The van der Waals surface area contributed by atoms with Gasteiger partial charge in [0.05, 0.1) is 22.6 Å². The van der Waals surface area contributed by atoms with Gasteiger partial charge in [0.25, 0.3) is 5.69 Å². The molecule has 1 aromatic rings. The Morgan fingerprint density at radius 3 is 2.50 bits per heavy atom. The summed E-state index contributed by atoms with van der Waals surface area (Å²) in [5.74, 6) is 0.447. The van der Waals surface area contributed by atoms with E-state index >= 15 is 0 Å². The van der Waals surface area contributed by atoms with Gasteiger partial charge in [-0.2, -0.15) is 0 Å². The van der Waals surface area contributed by atoms with Crippen LogP contribution in [-0.4, -0.2) is 31.1 Å². The maximum absolute atomic E-state index is 11.6. The number of hydrogen-bond donors (Lipinski definition) is 0. The zero-order valence-corrected chi connectivity index (χ0v) is 13.4. The summed E-state index contributed by atoms with van der Waals surface area (Å²) in [6.07, 6.45) is 0. The number of ether oxygens (including phenoxy) is 1. The van der Waals surface area contributed by atoms with Crippen LogP contribution in [0.4, 0.5) is 11.4 Å². The van der Waals surface area contributed by atoms with Crippen LogP contribution in [0.5, 0.6) is 0 Å². The van der Waals surface area contributed by atoms with Crippen molar-refractivity contribution in [2.24, 2.45) is 17.3 Å². The Kier molecular flexibility index (Phi) is 3.32. The molecule has 1 aromatic carbocycles. The number of nitro benzene ring substituents is 1. The van der Waals surface area contributed by atoms with E-state index < -0.39 is 10.9 Å². The maximum atomic E-state index is 11.6. The van der Waals surface area contributed by atoms with Gasteiger partial charge in [-0.3, -0.25) is 10.1 Å². The number of carbonyl (C=O) groups is 1. The lowest BCUT2D eigenvalue weighted by Crippen LogP contribution is -2.27. The predicted molar refractivity (Wildman–Crippen MR) is 82.4 cm³/mol. The van der Waals surface area contributed by atoms with E-state index in [9.17, 15) is 14.9 Å². The number of nitro groups is 1. The normalized spacial score (nSPS) is 24.8. The number of fused-ring (bicyclic) bond motifs is 1. The van der Waals surface area contributed by atoms with Gasteiger partial charge in [0, 0.05) is 19.2 Å². The van der Waals surface area contributed by atoms with Crippen LogP contribution < -0.4 is 4.90 Å². The van der Waals surface area contributed by atoms with Crippen LogP contribution in [0.25, 0.3) is 0 Å². The first kappa shape index (κ1) is 15.1. The van der Waals surface area contributed by atoms with Gasteiger partial charge in [-0.15, -0.1) is 0 Å². The van der Waals surface area contributed by atoms with E-state index in [-0.39, 0.29) is 16.3 Å². The van der Waals surface area contributed by atoms with Crippen LogP contribution in [0, 0.1) is 27.4 Å². The first-order chi connectivity index (χ1) is 10.3. The molecule has 0 spiro atoms. The number of nitrogens with zero attached hydrogens (tertiary/aromatic N) is 2. The topological polar surface area (TPSA) is 72.7 Å². The summed E-state index contributed by atoms with van der Waals surface area (Å²) in [4.78, 5) is 24.5. The number of hydrogen-bond acceptors (Lipinski definition) is 5. The Morgan fingerprint density at radius 1 is 1.41 bits per heavy atom. The molecule has 0 radical (unpaired) electrons. The third-order valence-corrected chi connectivity index (χ3v) is 5.44. The lowest BCUT2D eigenvalue weighted by molar-refractivity contribution is -0.384. The number of carbonyl (C=O) groups excluding carboxylic acids is 1. The summed E-state index contributed by atoms with van der Waals surface area (Å²) < 4.78 is 4.61. The lowest BCUT2D eigenvalue weighted by atomic mass is 10.1. The first-order valence-electron chi connectivity index (χ1n) is 7.08. The number of methoxy groups -OCH3 is 1. The smallest absolute Gasteiger partial charge is 0.339 e. The van der Waals surface area contributed by atoms with Crippen molar-refractivity contribution in [1.82, 2.24) is 0 Å². The lowest BCUT2D eigenvalue weighted by Gasteiger charge is -2.24. The first-order valence-corrected chi connectivity index (χ1v) is 7.46. The van der Waals surface area contributed by atoms with Gasteiger partial charge in [0.1, 0.15) is 5.69 Å². The Morgan fingerprint density at radius 2 is 2.00 bits per heavy atom. The Hall–Kier alpha value is -1.82. The molecule has 0 amide bonds. The summed E-state index contributed by atoms with van der Waals surface area (Å²) in [6, 6.07) is 2.71. The minimum absolute atomic E-state index is 0.0179. The van der Waals surface area contributed by atoms with Crippen molar-refractivity contribution in [2.45, 2.75) is 13.8 Å². The molecule has 2 atom stereocenters. The molecule has 0 bridgehead atoms. The molecule has 0 N–H and O–H groups in total. The molecule has 118 valence electrons. The molecule has 2 fully saturated rings. The molecule has 1 aliphatic carbocycles. The molecule has 1 heterocycles. The zero-order valence-electron chi connectivity index (χ0n) is 12.6. The summed E-state index contributed by atoms with van der Waals surface area (Å²) in [5.41, 5.74) is 0.708. The molecule has 1 aliphatic heterocycles. The number of benzene rings is 1. The molecule has 0 aromatic heterocycles. The highest BCUT2D eigenvalue weighted by Gasteiger charge is 2.62. The van der Waals surface area contributed by atoms with E-state index in [0.717, 1.165) is 13.1 Å². The van der Waals surface area contributed by atoms with Gasteiger partial charge in [0.2, 0.25) is 0 Å². The maximum Gasteiger partial charge on any atom is 0.339 e. The molecule has 22 heavy (non-hydrogen) atoms. The van der Waals surface area contributed by atoms with E-state index in [1.165, 1.54) is 19.2 Å². The minimum Gasteiger partial charge on any atom is -0.465 e. The van der Waals surface area contributed by atoms with Crippen LogP contribution in [-0.2, 0) is 4.74 Å². The average Bonchev–Trinajstić information content (AvgIpc) is 2.83. The molecular weight excluding hydrogens is 308 g/mol. The van der Waals surface area contributed by atoms with Gasteiger partial charge in [0.15, 0.2) is 0 Å². The van der Waals surface area contributed by atoms with Gasteiger partial charge in [-0.1, -0.05) is 25.4 Å². The van der Waals surface area contributed by atoms with Gasteiger partial charge in [-0.25, -0.2) is 4.79 Å². The fourth-order valence-corrected chi connectivity index (χ4v) is 3.78. The average molecular weight is 325 g/mol. The number of halogens is 1. The highest BCUT2D eigenvalue weighted by molar-refractivity contribution is 6.34. The Bertz CT molecular complexity index is 660. The molecule has 2 unspecified atom stereocenters. The predicted octanol–water partition coefficient (Wildman–Crippen LogP) is 3.13. The summed E-state index contributed by atoms with van der Waals surface area (Å²) >= 11 is 6.11. The second-order valence-electron chi connectivity index (χ2n) is 6.51. The molecule has 7 heteroatoms. The zero-order chi connectivity index (χ0) is 16.2. The van der Waals surface area contributed by atoms with Crippen molar-refractivity contribution in [3.05, 3.63) is 32.8 Å². The van der Waals surface area contributed by atoms with Crippen LogP contribution in [0.3, 0.4) is 0 Å². The van der Waals surface area contributed by atoms with Crippen molar-refractivity contribution >= 4 is 28.9 Å². The summed E-state index contributed by atoms with van der Waals surface area (Å²) in [7, 11) is 1.22. The molecule has 1 saturated carbocycles. The molecule has 3 rings (SSSR count). The minimum atomic E-state index is -0.676. The van der Waals surface area contributed by atoms with Crippen LogP contribution >= 0.6 is 11.6 Å². The molecule has 6 nitrogen and oxygen atoms in total. The number of anilines is 1. The van der Waals surface area contributed by atoms with Gasteiger partial charge in [-0.05, 0) is 23.3 Å². The van der Waals surface area contributed by atoms with Crippen LogP contribution in [0.2, 0.25) is 5.02 Å². The fourth-order valence-electron chi connectivity index (χ4n) is 3.55. The number of piperidine rings is 1. The Labute approximate surface area is 133 Å². The van der Waals surface area contributed by atoms with Crippen molar-refractivity contribution in [3.63, 3.8) is 0 Å². The van der Waals surface area contributed by atoms with E-state index in [1.807, 2.05) is 4.90 Å². The van der Waals surface area contributed by atoms with Crippen molar-refractivity contribution in [3.8, 4) is 0 Å². The third kappa shape index (κ3) is 2.13. The van der Waals surface area contributed by atoms with E-state index in [1.54, 1.807) is 0 Å². The number of esters is 1. The van der Waals surface area contributed by atoms with E-state index in [4.69, 9.17) is 11.6 Å². The SMILES string of the molecule is COC(=O)c1cc([N+](=O)[O-])c(N2CC3C(C2)C3(C)C)cc1Cl. The van der Waals surface area contributed by atoms with Crippen LogP contribution in [0.15, 0.2) is 12.1 Å². The monoisotopic (exact) mass is 324 g/mol. The van der Waals surface area contributed by atoms with Crippen LogP contribution in [0.1, 0.15) is 24.2 Å². The summed E-state index contributed by atoms with van der Waals surface area (Å²) in [6.45, 7) is 6.02. The van der Waals surface area contributed by atoms with E-state index in [2.05, 4.69) is 18.6 Å². The second-order valence-corrected chi connectivity index (χ2v) is 6.92. The standard InChI is InChI=1S/C15H17ClN2O4/c1-15(2)9-6-17(7-10(9)15)12-5-11(16)8(14(19)22-3)4-13(12)18(20)21/h4-5,9-10H,6-7H2,1-3H3.